The van der Waals surface area contributed by atoms with Crippen LogP contribution in [0.3, 0.4) is 0 Å². The molecule has 2 aromatic rings. The number of hydrogen-bond donors (Lipinski definition) is 1. The minimum absolute atomic E-state index is 0.321. The molecule has 8 nitrogen and oxygen atoms in total. The lowest BCUT2D eigenvalue weighted by Crippen LogP contribution is -2.38. The number of morpholine rings is 1. The van der Waals surface area contributed by atoms with Crippen molar-refractivity contribution in [3.8, 4) is 11.8 Å². The van der Waals surface area contributed by atoms with E-state index in [2.05, 4.69) is 26.5 Å². The molecule has 0 unspecified atom stereocenters. The van der Waals surface area contributed by atoms with Crippen LogP contribution in [-0.2, 0) is 9.53 Å². The molecule has 1 N–H and O–H groups in total. The quantitative estimate of drug-likeness (QED) is 0.867. The Morgan fingerprint density at radius 2 is 2.04 bits per heavy atom. The van der Waals surface area contributed by atoms with Crippen LogP contribution in [0.2, 0.25) is 0 Å². The van der Waals surface area contributed by atoms with Crippen LogP contribution in [0.4, 0.5) is 5.95 Å². The van der Waals surface area contributed by atoms with Crippen LogP contribution in [0, 0.1) is 11.3 Å². The first-order valence-corrected chi connectivity index (χ1v) is 8.27. The number of nitrogens with zero attached hydrogens (tertiary/aromatic N) is 5. The van der Waals surface area contributed by atoms with Crippen LogP contribution in [0.1, 0.15) is 18.7 Å². The second-order valence-electron chi connectivity index (χ2n) is 5.59. The van der Waals surface area contributed by atoms with E-state index >= 15 is 0 Å². The fourth-order valence-electron chi connectivity index (χ4n) is 2.78. The summed E-state index contributed by atoms with van der Waals surface area (Å²) in [4.78, 5) is 14.4. The molecule has 1 aromatic carbocycles. The molecule has 0 spiro atoms. The number of benzene rings is 1. The summed E-state index contributed by atoms with van der Waals surface area (Å²) in [5.74, 6) is -0.458. The van der Waals surface area contributed by atoms with E-state index < -0.39 is 5.92 Å². The van der Waals surface area contributed by atoms with Crippen molar-refractivity contribution in [1.82, 2.24) is 20.1 Å². The van der Waals surface area contributed by atoms with E-state index in [0.29, 0.717) is 44.6 Å². The number of carbonyl (C=O) groups excluding carboxylic acids is 1. The lowest BCUT2D eigenvalue weighted by molar-refractivity contribution is -0.121. The van der Waals surface area contributed by atoms with Gasteiger partial charge in [-0.15, -0.1) is 10.2 Å². The van der Waals surface area contributed by atoms with Crippen molar-refractivity contribution < 1.29 is 9.53 Å². The first-order valence-electron chi connectivity index (χ1n) is 8.27. The summed E-state index contributed by atoms with van der Waals surface area (Å²) in [5.41, 5.74) is 0.813. The number of likely N-dealkylation sites (N-methyl/N-ethyl adjacent to an activating group) is 1. The highest BCUT2D eigenvalue weighted by atomic mass is 16.5. The van der Waals surface area contributed by atoms with Gasteiger partial charge in [0.1, 0.15) is 0 Å². The zero-order valence-corrected chi connectivity index (χ0v) is 14.1. The predicted molar refractivity (Wildman–Crippen MR) is 91.4 cm³/mol. The molecule has 25 heavy (non-hydrogen) atoms. The van der Waals surface area contributed by atoms with Crippen molar-refractivity contribution in [3.05, 3.63) is 36.2 Å². The number of ether oxygens (including phenoxy) is 1. The molecule has 0 radical (unpaired) electrons. The van der Waals surface area contributed by atoms with Gasteiger partial charge in [-0.2, -0.15) is 5.26 Å². The Labute approximate surface area is 146 Å². The number of nitrogens with one attached hydrogen (secondary N) is 1. The number of para-hydroxylation sites is 1. The molecule has 3 rings (SSSR count). The Bertz CT molecular complexity index is 761. The summed E-state index contributed by atoms with van der Waals surface area (Å²) in [5, 5.41) is 20.7. The largest absolute Gasteiger partial charge is 0.378 e. The Hall–Kier alpha value is -2.92. The molecule has 2 heterocycles. The Kier molecular flexibility index (Phi) is 5.26. The number of carbonyl (C=O) groups is 1. The molecular weight excluding hydrogens is 320 g/mol. The number of aromatic nitrogens is 3. The van der Waals surface area contributed by atoms with Crippen LogP contribution in [0.5, 0.6) is 0 Å². The summed E-state index contributed by atoms with van der Waals surface area (Å²) >= 11 is 0. The maximum absolute atomic E-state index is 12.3. The maximum Gasteiger partial charge on any atom is 0.245 e. The van der Waals surface area contributed by atoms with Gasteiger partial charge in [-0.05, 0) is 19.1 Å². The van der Waals surface area contributed by atoms with Crippen molar-refractivity contribution in [1.29, 1.82) is 5.26 Å². The van der Waals surface area contributed by atoms with E-state index in [9.17, 15) is 10.1 Å². The van der Waals surface area contributed by atoms with Crippen molar-refractivity contribution in [2.45, 2.75) is 12.8 Å². The van der Waals surface area contributed by atoms with Gasteiger partial charge in [0.15, 0.2) is 11.7 Å². The zero-order chi connectivity index (χ0) is 17.6. The van der Waals surface area contributed by atoms with Gasteiger partial charge in [-0.25, -0.2) is 0 Å². The third kappa shape index (κ3) is 3.46. The van der Waals surface area contributed by atoms with E-state index in [4.69, 9.17) is 4.74 Å². The van der Waals surface area contributed by atoms with Crippen LogP contribution in [0.15, 0.2) is 30.3 Å². The molecule has 1 fully saturated rings. The molecular formula is C17H20N6O2. The van der Waals surface area contributed by atoms with E-state index in [-0.39, 0.29) is 5.91 Å². The average molecular weight is 340 g/mol. The zero-order valence-electron chi connectivity index (χ0n) is 14.1. The molecule has 1 aliphatic heterocycles. The number of amides is 1. The second-order valence-corrected chi connectivity index (χ2v) is 5.59. The third-order valence-corrected chi connectivity index (χ3v) is 3.98. The lowest BCUT2D eigenvalue weighted by atomic mass is 10.1. The van der Waals surface area contributed by atoms with Gasteiger partial charge < -0.3 is 15.0 Å². The van der Waals surface area contributed by atoms with Gasteiger partial charge in [0.25, 0.3) is 0 Å². The van der Waals surface area contributed by atoms with E-state index in [0.717, 1.165) is 5.69 Å². The third-order valence-electron chi connectivity index (χ3n) is 3.98. The maximum atomic E-state index is 12.3. The van der Waals surface area contributed by atoms with Gasteiger partial charge in [0.05, 0.1) is 25.0 Å². The van der Waals surface area contributed by atoms with Gasteiger partial charge in [-0.3, -0.25) is 9.36 Å². The minimum Gasteiger partial charge on any atom is -0.378 e. The molecule has 1 aromatic heterocycles. The molecule has 130 valence electrons. The highest BCUT2D eigenvalue weighted by molar-refractivity contribution is 5.85. The Morgan fingerprint density at radius 3 is 2.68 bits per heavy atom. The van der Waals surface area contributed by atoms with Crippen LogP contribution in [-0.4, -0.2) is 53.5 Å². The number of nitriles is 1. The lowest BCUT2D eigenvalue weighted by Gasteiger charge is -2.28. The van der Waals surface area contributed by atoms with Gasteiger partial charge in [0.2, 0.25) is 11.9 Å². The average Bonchev–Trinajstić information content (AvgIpc) is 3.09. The topological polar surface area (TPSA) is 96.1 Å². The monoisotopic (exact) mass is 340 g/mol. The molecule has 0 bridgehead atoms. The smallest absolute Gasteiger partial charge is 0.245 e. The fourth-order valence-corrected chi connectivity index (χ4v) is 2.78. The van der Waals surface area contributed by atoms with Crippen molar-refractivity contribution in [2.75, 3.05) is 37.7 Å². The molecule has 1 amide bonds. The SMILES string of the molecule is CCNC(=O)[C@H](C#N)c1nnc(N2CCOCC2)n1-c1ccccc1. The normalized spacial score (nSPS) is 15.4. The molecule has 0 saturated carbocycles. The van der Waals surface area contributed by atoms with Crippen LogP contribution in [0.25, 0.3) is 5.69 Å². The fraction of sp³-hybridized carbons (Fsp3) is 0.412. The summed E-state index contributed by atoms with van der Waals surface area (Å²) in [6.45, 7) is 4.84. The summed E-state index contributed by atoms with van der Waals surface area (Å²) in [6, 6.07) is 11.6. The van der Waals surface area contributed by atoms with E-state index in [1.54, 1.807) is 4.57 Å². The molecule has 8 heteroatoms. The summed E-state index contributed by atoms with van der Waals surface area (Å²) in [7, 11) is 0. The van der Waals surface area contributed by atoms with Crippen LogP contribution >= 0.6 is 0 Å². The van der Waals surface area contributed by atoms with E-state index in [1.165, 1.54) is 0 Å². The first kappa shape index (κ1) is 16.9. The number of anilines is 1. The van der Waals surface area contributed by atoms with Crippen molar-refractivity contribution in [3.63, 3.8) is 0 Å². The van der Waals surface area contributed by atoms with Crippen molar-refractivity contribution >= 4 is 11.9 Å². The number of hydrogen-bond acceptors (Lipinski definition) is 6. The van der Waals surface area contributed by atoms with Crippen LogP contribution < -0.4 is 10.2 Å². The highest BCUT2D eigenvalue weighted by Crippen LogP contribution is 2.25. The van der Waals surface area contributed by atoms with E-state index in [1.807, 2.05) is 37.3 Å². The molecule has 1 saturated heterocycles. The molecule has 0 aliphatic carbocycles. The Morgan fingerprint density at radius 1 is 1.32 bits per heavy atom. The Balaban J connectivity index is 2.08. The van der Waals surface area contributed by atoms with Crippen molar-refractivity contribution in [2.24, 2.45) is 0 Å². The highest BCUT2D eigenvalue weighted by Gasteiger charge is 2.30. The van der Waals surface area contributed by atoms with Gasteiger partial charge in [-0.1, -0.05) is 18.2 Å². The summed E-state index contributed by atoms with van der Waals surface area (Å²) in [6.07, 6.45) is 0. The standard InChI is InChI=1S/C17H20N6O2/c1-2-19-16(24)14(12-18)15-20-21-17(22-8-10-25-11-9-22)23(15)13-6-4-3-5-7-13/h3-7,14H,2,8-11H2,1H3,(H,19,24)/t14-/m1/s1. The predicted octanol–water partition coefficient (Wildman–Crippen LogP) is 0.847. The molecule has 1 aliphatic rings. The molecule has 1 atom stereocenters. The minimum atomic E-state index is -1.03. The second kappa shape index (κ2) is 7.77. The van der Waals surface area contributed by atoms with Gasteiger partial charge in [0, 0.05) is 19.6 Å². The number of rotatable bonds is 5. The summed E-state index contributed by atoms with van der Waals surface area (Å²) < 4.78 is 7.18. The van der Waals surface area contributed by atoms with Gasteiger partial charge >= 0.3 is 0 Å². The first-order chi connectivity index (χ1) is 12.3.